The van der Waals surface area contributed by atoms with E-state index in [2.05, 4.69) is 10.4 Å². The maximum Gasteiger partial charge on any atom is 0.260 e. The van der Waals surface area contributed by atoms with Gasteiger partial charge in [0.15, 0.2) is 0 Å². The molecule has 0 saturated carbocycles. The van der Waals surface area contributed by atoms with Gasteiger partial charge in [0.1, 0.15) is 5.15 Å². The van der Waals surface area contributed by atoms with E-state index < -0.39 is 11.8 Å². The summed E-state index contributed by atoms with van der Waals surface area (Å²) in [6, 6.07) is 16.1. The van der Waals surface area contributed by atoms with E-state index in [0.717, 1.165) is 5.56 Å². The van der Waals surface area contributed by atoms with Crippen LogP contribution in [-0.2, 0) is 6.54 Å². The van der Waals surface area contributed by atoms with E-state index in [-0.39, 0.29) is 5.15 Å². The number of primary amides is 1. The van der Waals surface area contributed by atoms with Crippen molar-refractivity contribution in [2.75, 3.05) is 5.32 Å². The number of aromatic nitrogens is 2. The monoisotopic (exact) mass is 368 g/mol. The third-order valence-corrected chi connectivity index (χ3v) is 4.26. The predicted molar refractivity (Wildman–Crippen MR) is 100 cm³/mol. The third kappa shape index (κ3) is 3.75. The van der Waals surface area contributed by atoms with Crippen molar-refractivity contribution < 1.29 is 9.59 Å². The van der Waals surface area contributed by atoms with Gasteiger partial charge in [-0.2, -0.15) is 5.10 Å². The van der Waals surface area contributed by atoms with Crippen molar-refractivity contribution in [1.82, 2.24) is 9.78 Å². The number of hydrogen-bond acceptors (Lipinski definition) is 3. The quantitative estimate of drug-likeness (QED) is 0.724. The van der Waals surface area contributed by atoms with Crippen molar-refractivity contribution in [2.45, 2.75) is 13.5 Å². The molecule has 3 rings (SSSR count). The number of carbonyl (C=O) groups is 2. The molecule has 1 aromatic heterocycles. The number of hydrogen-bond donors (Lipinski definition) is 2. The Morgan fingerprint density at radius 1 is 1.15 bits per heavy atom. The molecule has 0 bridgehead atoms. The van der Waals surface area contributed by atoms with Gasteiger partial charge in [-0.1, -0.05) is 48.0 Å². The molecule has 3 N–H and O–H groups in total. The van der Waals surface area contributed by atoms with Gasteiger partial charge in [0.25, 0.3) is 5.91 Å². The minimum Gasteiger partial charge on any atom is -0.366 e. The van der Waals surface area contributed by atoms with Gasteiger partial charge in [0.2, 0.25) is 5.91 Å². The highest BCUT2D eigenvalue weighted by molar-refractivity contribution is 6.33. The summed E-state index contributed by atoms with van der Waals surface area (Å²) in [5.74, 6) is -0.959. The predicted octanol–water partition coefficient (Wildman–Crippen LogP) is 3.24. The van der Waals surface area contributed by atoms with Gasteiger partial charge < -0.3 is 11.1 Å². The van der Waals surface area contributed by atoms with Crippen LogP contribution >= 0.6 is 11.6 Å². The Morgan fingerprint density at radius 3 is 2.58 bits per heavy atom. The number of anilines is 1. The van der Waals surface area contributed by atoms with E-state index in [0.29, 0.717) is 29.1 Å². The van der Waals surface area contributed by atoms with E-state index in [1.54, 1.807) is 29.8 Å². The van der Waals surface area contributed by atoms with Crippen LogP contribution < -0.4 is 11.1 Å². The van der Waals surface area contributed by atoms with E-state index in [4.69, 9.17) is 17.3 Å². The molecule has 0 radical (unpaired) electrons. The molecule has 0 saturated heterocycles. The van der Waals surface area contributed by atoms with Crippen molar-refractivity contribution in [2.24, 2.45) is 5.73 Å². The van der Waals surface area contributed by atoms with Crippen LogP contribution in [0.1, 0.15) is 32.0 Å². The molecular formula is C19H17ClN4O2. The number of nitrogens with one attached hydrogen (secondary N) is 1. The van der Waals surface area contributed by atoms with Gasteiger partial charge in [-0.25, -0.2) is 4.68 Å². The molecule has 0 aliphatic heterocycles. The molecule has 6 nitrogen and oxygen atoms in total. The molecule has 0 aliphatic rings. The van der Waals surface area contributed by atoms with Crippen LogP contribution in [0.5, 0.6) is 0 Å². The van der Waals surface area contributed by atoms with E-state index in [1.807, 2.05) is 30.3 Å². The minimum atomic E-state index is -0.564. The van der Waals surface area contributed by atoms with Crippen LogP contribution in [0.2, 0.25) is 5.15 Å². The second-order valence-electron chi connectivity index (χ2n) is 5.79. The highest BCUT2D eigenvalue weighted by atomic mass is 35.5. The van der Waals surface area contributed by atoms with E-state index in [9.17, 15) is 9.59 Å². The summed E-state index contributed by atoms with van der Waals surface area (Å²) in [7, 11) is 0. The number of halogens is 1. The van der Waals surface area contributed by atoms with Gasteiger partial charge >= 0.3 is 0 Å². The summed E-state index contributed by atoms with van der Waals surface area (Å²) in [6.07, 6.45) is 0. The number of rotatable bonds is 5. The zero-order valence-corrected chi connectivity index (χ0v) is 14.8. The first-order valence-corrected chi connectivity index (χ1v) is 8.31. The van der Waals surface area contributed by atoms with Crippen molar-refractivity contribution >= 4 is 29.1 Å². The summed E-state index contributed by atoms with van der Waals surface area (Å²) in [5.41, 5.74) is 7.88. The first-order valence-electron chi connectivity index (χ1n) is 7.93. The summed E-state index contributed by atoms with van der Waals surface area (Å²) >= 11 is 6.39. The van der Waals surface area contributed by atoms with Gasteiger partial charge in [-0.3, -0.25) is 9.59 Å². The molecule has 2 amide bonds. The normalized spacial score (nSPS) is 10.5. The van der Waals surface area contributed by atoms with Crippen molar-refractivity contribution in [3.8, 4) is 0 Å². The number of amides is 2. The molecule has 0 aliphatic carbocycles. The fourth-order valence-corrected chi connectivity index (χ4v) is 2.94. The lowest BCUT2D eigenvalue weighted by atomic mass is 10.2. The fourth-order valence-electron chi connectivity index (χ4n) is 2.62. The molecule has 0 fully saturated rings. The SMILES string of the molecule is Cc1nn(Cc2ccccc2)c(Cl)c1C(=O)Nc1cccc(C(N)=O)c1. The smallest absolute Gasteiger partial charge is 0.260 e. The second-order valence-corrected chi connectivity index (χ2v) is 6.15. The lowest BCUT2D eigenvalue weighted by Crippen LogP contribution is -2.15. The molecule has 132 valence electrons. The Bertz CT molecular complexity index is 967. The van der Waals surface area contributed by atoms with E-state index >= 15 is 0 Å². The summed E-state index contributed by atoms with van der Waals surface area (Å²) in [5, 5.41) is 7.35. The fraction of sp³-hybridized carbons (Fsp3) is 0.105. The lowest BCUT2D eigenvalue weighted by Gasteiger charge is -2.07. The number of aryl methyl sites for hydroxylation is 1. The number of nitrogens with two attached hydrogens (primary N) is 1. The van der Waals surface area contributed by atoms with Crippen LogP contribution in [0.3, 0.4) is 0 Å². The third-order valence-electron chi connectivity index (χ3n) is 3.87. The summed E-state index contributed by atoms with van der Waals surface area (Å²) in [4.78, 5) is 23.9. The first kappa shape index (κ1) is 17.7. The molecule has 0 atom stereocenters. The average molecular weight is 369 g/mol. The van der Waals surface area contributed by atoms with Crippen LogP contribution in [0.25, 0.3) is 0 Å². The molecule has 3 aromatic rings. The van der Waals surface area contributed by atoms with Gasteiger partial charge in [-0.05, 0) is 30.7 Å². The zero-order chi connectivity index (χ0) is 18.7. The van der Waals surface area contributed by atoms with Gasteiger partial charge in [0, 0.05) is 11.3 Å². The maximum atomic E-state index is 12.6. The Morgan fingerprint density at radius 2 is 1.88 bits per heavy atom. The standard InChI is InChI=1S/C19H17ClN4O2/c1-12-16(17(20)24(23-12)11-13-6-3-2-4-7-13)19(26)22-15-9-5-8-14(10-15)18(21)25/h2-10H,11H2,1H3,(H2,21,25)(H,22,26). The Hall–Kier alpha value is -3.12. The van der Waals surface area contributed by atoms with Crippen molar-refractivity contribution in [3.05, 3.63) is 82.1 Å². The van der Waals surface area contributed by atoms with Crippen LogP contribution in [0.15, 0.2) is 54.6 Å². The number of benzene rings is 2. The average Bonchev–Trinajstić information content (AvgIpc) is 2.89. The van der Waals surface area contributed by atoms with E-state index in [1.165, 1.54) is 6.07 Å². The van der Waals surface area contributed by atoms with Crippen LogP contribution in [-0.4, -0.2) is 21.6 Å². The lowest BCUT2D eigenvalue weighted by molar-refractivity contribution is 0.0996. The van der Waals surface area contributed by atoms with Crippen LogP contribution in [0.4, 0.5) is 5.69 Å². The minimum absolute atomic E-state index is 0.259. The Balaban J connectivity index is 1.84. The second kappa shape index (κ2) is 7.41. The zero-order valence-electron chi connectivity index (χ0n) is 14.1. The Labute approximate surface area is 155 Å². The molecule has 0 spiro atoms. The summed E-state index contributed by atoms with van der Waals surface area (Å²) in [6.45, 7) is 2.19. The molecule has 7 heteroatoms. The number of carbonyl (C=O) groups excluding carboxylic acids is 2. The highest BCUT2D eigenvalue weighted by Gasteiger charge is 2.20. The summed E-state index contributed by atoms with van der Waals surface area (Å²) < 4.78 is 1.58. The largest absolute Gasteiger partial charge is 0.366 e. The van der Waals surface area contributed by atoms with Crippen molar-refractivity contribution in [3.63, 3.8) is 0 Å². The number of nitrogens with zero attached hydrogens (tertiary/aromatic N) is 2. The molecule has 2 aromatic carbocycles. The molecule has 26 heavy (non-hydrogen) atoms. The molecule has 1 heterocycles. The van der Waals surface area contributed by atoms with Gasteiger partial charge in [0.05, 0.1) is 17.8 Å². The van der Waals surface area contributed by atoms with Gasteiger partial charge in [-0.15, -0.1) is 0 Å². The molecule has 0 unspecified atom stereocenters. The Kier molecular flexibility index (Phi) is 5.04. The maximum absolute atomic E-state index is 12.6. The topological polar surface area (TPSA) is 90.0 Å². The first-order chi connectivity index (χ1) is 12.5. The highest BCUT2D eigenvalue weighted by Crippen LogP contribution is 2.22. The molecular weight excluding hydrogens is 352 g/mol. The van der Waals surface area contributed by atoms with Crippen LogP contribution in [0, 0.1) is 6.92 Å². The van der Waals surface area contributed by atoms with Crippen molar-refractivity contribution in [1.29, 1.82) is 0 Å².